The van der Waals surface area contributed by atoms with Crippen molar-refractivity contribution in [2.24, 2.45) is 0 Å². The first-order valence-corrected chi connectivity index (χ1v) is 7.99. The molecule has 2 aromatic rings. The number of carbonyl (C=O) groups is 1. The van der Waals surface area contributed by atoms with Crippen LogP contribution in [0, 0.1) is 18.3 Å². The topological polar surface area (TPSA) is 52.9 Å². The highest BCUT2D eigenvalue weighted by atomic mass is 32.2. The van der Waals surface area contributed by atoms with Crippen molar-refractivity contribution >= 4 is 29.4 Å². The van der Waals surface area contributed by atoms with Gasteiger partial charge in [0.15, 0.2) is 0 Å². The van der Waals surface area contributed by atoms with E-state index in [2.05, 4.69) is 5.32 Å². The summed E-state index contributed by atoms with van der Waals surface area (Å²) in [5.74, 6) is -0.397. The number of anilines is 1. The molecule has 0 saturated carbocycles. The van der Waals surface area contributed by atoms with E-state index in [1.54, 1.807) is 17.8 Å². The molecule has 1 N–H and O–H groups in total. The van der Waals surface area contributed by atoms with Gasteiger partial charge in [0.05, 0.1) is 0 Å². The SMILES string of the molecule is CSc1ccc(/C=C(\C#N)C(=O)Nc2ccccc2C)cc1. The van der Waals surface area contributed by atoms with Crippen LogP contribution in [0.4, 0.5) is 5.69 Å². The average Bonchev–Trinajstić information content (AvgIpc) is 2.55. The highest BCUT2D eigenvalue weighted by molar-refractivity contribution is 7.98. The minimum absolute atomic E-state index is 0.0835. The molecule has 0 aliphatic carbocycles. The maximum atomic E-state index is 12.2. The van der Waals surface area contributed by atoms with E-state index in [4.69, 9.17) is 0 Å². The van der Waals surface area contributed by atoms with Crippen LogP contribution in [0.3, 0.4) is 0 Å². The summed E-state index contributed by atoms with van der Waals surface area (Å²) < 4.78 is 0. The molecule has 4 heteroatoms. The number of benzene rings is 2. The van der Waals surface area contributed by atoms with Crippen LogP contribution in [-0.4, -0.2) is 12.2 Å². The fourth-order valence-electron chi connectivity index (χ4n) is 1.92. The Hall–Kier alpha value is -2.51. The predicted molar refractivity (Wildman–Crippen MR) is 91.6 cm³/mol. The van der Waals surface area contributed by atoms with E-state index >= 15 is 0 Å². The zero-order valence-corrected chi connectivity index (χ0v) is 13.3. The maximum Gasteiger partial charge on any atom is 0.266 e. The second-order valence-electron chi connectivity index (χ2n) is 4.71. The Morgan fingerprint density at radius 3 is 2.45 bits per heavy atom. The fraction of sp³-hybridized carbons (Fsp3) is 0.111. The van der Waals surface area contributed by atoms with Crippen molar-refractivity contribution in [3.05, 3.63) is 65.2 Å². The van der Waals surface area contributed by atoms with Gasteiger partial charge in [0.2, 0.25) is 0 Å². The second-order valence-corrected chi connectivity index (χ2v) is 5.59. The van der Waals surface area contributed by atoms with Crippen LogP contribution in [-0.2, 0) is 4.79 Å². The summed E-state index contributed by atoms with van der Waals surface area (Å²) in [7, 11) is 0. The van der Waals surface area contributed by atoms with Gasteiger partial charge in [-0.2, -0.15) is 5.26 Å². The number of carbonyl (C=O) groups excluding carboxylic acids is 1. The van der Waals surface area contributed by atoms with E-state index in [-0.39, 0.29) is 5.57 Å². The molecule has 0 aromatic heterocycles. The van der Waals surface area contributed by atoms with Crippen LogP contribution < -0.4 is 5.32 Å². The van der Waals surface area contributed by atoms with Crippen molar-refractivity contribution in [2.75, 3.05) is 11.6 Å². The number of rotatable bonds is 4. The molecule has 2 rings (SSSR count). The highest BCUT2D eigenvalue weighted by Gasteiger charge is 2.10. The van der Waals surface area contributed by atoms with Crippen LogP contribution in [0.15, 0.2) is 59.0 Å². The Morgan fingerprint density at radius 2 is 1.86 bits per heavy atom. The van der Waals surface area contributed by atoms with Gasteiger partial charge in [-0.1, -0.05) is 30.3 Å². The third kappa shape index (κ3) is 4.00. The van der Waals surface area contributed by atoms with Gasteiger partial charge in [-0.3, -0.25) is 4.79 Å². The summed E-state index contributed by atoms with van der Waals surface area (Å²) in [4.78, 5) is 13.4. The lowest BCUT2D eigenvalue weighted by molar-refractivity contribution is -0.112. The molecule has 0 spiro atoms. The Kier molecular flexibility index (Phi) is 5.40. The number of amides is 1. The molecule has 0 heterocycles. The van der Waals surface area contributed by atoms with Crippen LogP contribution in [0.25, 0.3) is 6.08 Å². The monoisotopic (exact) mass is 308 g/mol. The minimum Gasteiger partial charge on any atom is -0.321 e. The normalized spacial score (nSPS) is 10.9. The number of nitrogens with one attached hydrogen (secondary N) is 1. The van der Waals surface area contributed by atoms with Crippen molar-refractivity contribution in [1.82, 2.24) is 0 Å². The van der Waals surface area contributed by atoms with E-state index in [1.807, 2.05) is 67.8 Å². The van der Waals surface area contributed by atoms with Crippen molar-refractivity contribution in [2.45, 2.75) is 11.8 Å². The Balaban J connectivity index is 2.20. The van der Waals surface area contributed by atoms with E-state index in [9.17, 15) is 10.1 Å². The summed E-state index contributed by atoms with van der Waals surface area (Å²) in [6, 6.07) is 17.1. The summed E-state index contributed by atoms with van der Waals surface area (Å²) >= 11 is 1.65. The summed E-state index contributed by atoms with van der Waals surface area (Å²) in [5, 5.41) is 12.0. The lowest BCUT2D eigenvalue weighted by atomic mass is 10.1. The molecule has 22 heavy (non-hydrogen) atoms. The number of aryl methyl sites for hydroxylation is 1. The Labute approximate surface area is 134 Å². The van der Waals surface area contributed by atoms with Gasteiger partial charge in [-0.25, -0.2) is 0 Å². The number of hydrogen-bond donors (Lipinski definition) is 1. The number of nitrogens with zero attached hydrogens (tertiary/aromatic N) is 1. The van der Waals surface area contributed by atoms with Crippen molar-refractivity contribution in [3.63, 3.8) is 0 Å². The number of para-hydroxylation sites is 1. The first kappa shape index (κ1) is 15.9. The van der Waals surface area contributed by atoms with Crippen LogP contribution in [0.1, 0.15) is 11.1 Å². The molecule has 1 amide bonds. The van der Waals surface area contributed by atoms with Crippen LogP contribution >= 0.6 is 11.8 Å². The lowest BCUT2D eigenvalue weighted by Gasteiger charge is -2.07. The second kappa shape index (κ2) is 7.48. The third-order valence-electron chi connectivity index (χ3n) is 3.19. The molecule has 110 valence electrons. The Morgan fingerprint density at radius 1 is 1.18 bits per heavy atom. The fourth-order valence-corrected chi connectivity index (χ4v) is 2.33. The van der Waals surface area contributed by atoms with Crippen molar-refractivity contribution in [3.8, 4) is 6.07 Å². The van der Waals surface area contributed by atoms with Gasteiger partial charge in [0.25, 0.3) is 5.91 Å². The van der Waals surface area contributed by atoms with Crippen molar-refractivity contribution < 1.29 is 4.79 Å². The number of hydrogen-bond acceptors (Lipinski definition) is 3. The molecule has 0 bridgehead atoms. The molecule has 2 aromatic carbocycles. The van der Waals surface area contributed by atoms with E-state index < -0.39 is 5.91 Å². The molecular formula is C18H16N2OS. The lowest BCUT2D eigenvalue weighted by Crippen LogP contribution is -2.14. The van der Waals surface area contributed by atoms with Gasteiger partial charge in [0, 0.05) is 10.6 Å². The molecule has 0 radical (unpaired) electrons. The standard InChI is InChI=1S/C18H16N2OS/c1-13-5-3-4-6-17(13)20-18(21)15(12-19)11-14-7-9-16(22-2)10-8-14/h3-11H,1-2H3,(H,20,21)/b15-11+. The summed E-state index contributed by atoms with van der Waals surface area (Å²) in [6.07, 6.45) is 3.60. The molecule has 0 saturated heterocycles. The summed E-state index contributed by atoms with van der Waals surface area (Å²) in [5.41, 5.74) is 2.58. The molecular weight excluding hydrogens is 292 g/mol. The van der Waals surface area contributed by atoms with Gasteiger partial charge >= 0.3 is 0 Å². The van der Waals surface area contributed by atoms with Crippen LogP contribution in [0.2, 0.25) is 0 Å². The molecule has 0 atom stereocenters. The van der Waals surface area contributed by atoms with Gasteiger partial charge < -0.3 is 5.32 Å². The van der Waals surface area contributed by atoms with Gasteiger partial charge in [0.1, 0.15) is 11.6 Å². The average molecular weight is 308 g/mol. The number of thioether (sulfide) groups is 1. The van der Waals surface area contributed by atoms with Gasteiger partial charge in [-0.05, 0) is 48.6 Å². The number of nitriles is 1. The molecule has 0 aliphatic heterocycles. The Bertz CT molecular complexity index is 742. The molecule has 0 aliphatic rings. The largest absolute Gasteiger partial charge is 0.321 e. The zero-order valence-electron chi connectivity index (χ0n) is 12.5. The van der Waals surface area contributed by atoms with E-state index in [1.165, 1.54) is 0 Å². The smallest absolute Gasteiger partial charge is 0.266 e. The quantitative estimate of drug-likeness (QED) is 0.521. The molecule has 3 nitrogen and oxygen atoms in total. The van der Waals surface area contributed by atoms with Crippen LogP contribution in [0.5, 0.6) is 0 Å². The minimum atomic E-state index is -0.397. The first-order chi connectivity index (χ1) is 10.6. The molecule has 0 fully saturated rings. The third-order valence-corrected chi connectivity index (χ3v) is 3.93. The highest BCUT2D eigenvalue weighted by Crippen LogP contribution is 2.18. The zero-order chi connectivity index (χ0) is 15.9. The van der Waals surface area contributed by atoms with Crippen molar-refractivity contribution in [1.29, 1.82) is 5.26 Å². The van der Waals surface area contributed by atoms with Gasteiger partial charge in [-0.15, -0.1) is 11.8 Å². The molecule has 0 unspecified atom stereocenters. The maximum absolute atomic E-state index is 12.2. The summed E-state index contributed by atoms with van der Waals surface area (Å²) in [6.45, 7) is 1.91. The van der Waals surface area contributed by atoms with E-state index in [0.717, 1.165) is 16.0 Å². The first-order valence-electron chi connectivity index (χ1n) is 6.77. The predicted octanol–water partition coefficient (Wildman–Crippen LogP) is 4.26. The van der Waals surface area contributed by atoms with E-state index in [0.29, 0.717) is 5.69 Å².